The van der Waals surface area contributed by atoms with Crippen molar-refractivity contribution in [2.75, 3.05) is 5.32 Å². The fourth-order valence-electron chi connectivity index (χ4n) is 3.24. The third-order valence-electron chi connectivity index (χ3n) is 4.69. The molecule has 0 saturated heterocycles. The Morgan fingerprint density at radius 3 is 2.60 bits per heavy atom. The molecule has 2 aromatic carbocycles. The number of carbonyl (C=O) groups excluding carboxylic acids is 1. The number of nitrogens with zero attached hydrogens (tertiary/aromatic N) is 1. The second-order valence-electron chi connectivity index (χ2n) is 6.77. The number of amides is 1. The van der Waals surface area contributed by atoms with Gasteiger partial charge in [0.1, 0.15) is 0 Å². The van der Waals surface area contributed by atoms with E-state index < -0.39 is 5.97 Å². The maximum Gasteiger partial charge on any atom is 0.307 e. The van der Waals surface area contributed by atoms with Crippen molar-refractivity contribution in [3.05, 3.63) is 96.0 Å². The fraction of sp³-hybridized carbons (Fsp3) is 0.0870. The van der Waals surface area contributed by atoms with Gasteiger partial charge in [-0.3, -0.25) is 14.6 Å². The van der Waals surface area contributed by atoms with Crippen molar-refractivity contribution in [3.63, 3.8) is 0 Å². The molecule has 0 fully saturated rings. The Labute approximate surface area is 173 Å². The predicted octanol–water partition coefficient (Wildman–Crippen LogP) is 3.47. The Hall–Kier alpha value is -3.97. The van der Waals surface area contributed by atoms with E-state index in [9.17, 15) is 9.59 Å². The van der Waals surface area contributed by atoms with E-state index >= 15 is 0 Å². The third kappa shape index (κ3) is 4.37. The first kappa shape index (κ1) is 19.4. The van der Waals surface area contributed by atoms with Gasteiger partial charge in [-0.15, -0.1) is 5.48 Å². The number of anilines is 1. The number of aliphatic carboxylic acids is 1. The smallest absolute Gasteiger partial charge is 0.307 e. The van der Waals surface area contributed by atoms with Gasteiger partial charge in [-0.2, -0.15) is 0 Å². The standard InChI is InChI=1S/C23H19N3O4/c27-22(28)12-16-4-1-2-6-19(16)15-7-9-18(10-8-15)25-23(29)21-13-20(26-30-21)17-5-3-11-24-14-17/h1-11,13-14,20,26H,12H2,(H,25,29)(H,27,28). The van der Waals surface area contributed by atoms with Crippen LogP contribution in [0.25, 0.3) is 11.1 Å². The van der Waals surface area contributed by atoms with Crippen LogP contribution in [0.1, 0.15) is 17.2 Å². The number of hydrogen-bond acceptors (Lipinski definition) is 5. The van der Waals surface area contributed by atoms with Gasteiger partial charge in [0.05, 0.1) is 12.5 Å². The highest BCUT2D eigenvalue weighted by Gasteiger charge is 2.24. The average Bonchev–Trinajstić information content (AvgIpc) is 3.26. The number of hydrogen-bond donors (Lipinski definition) is 3. The molecule has 0 radical (unpaired) electrons. The summed E-state index contributed by atoms with van der Waals surface area (Å²) < 4.78 is 0. The molecule has 1 unspecified atom stereocenters. The van der Waals surface area contributed by atoms with Gasteiger partial charge in [0, 0.05) is 18.1 Å². The second-order valence-corrected chi connectivity index (χ2v) is 6.77. The molecule has 7 nitrogen and oxygen atoms in total. The van der Waals surface area contributed by atoms with Gasteiger partial charge < -0.3 is 15.3 Å². The molecular weight excluding hydrogens is 382 g/mol. The van der Waals surface area contributed by atoms with Crippen molar-refractivity contribution >= 4 is 17.6 Å². The Bertz CT molecular complexity index is 1090. The SMILES string of the molecule is O=C(O)Cc1ccccc1-c1ccc(NC(=O)C2=CC(c3cccnc3)NO2)cc1. The van der Waals surface area contributed by atoms with Gasteiger partial charge in [-0.1, -0.05) is 42.5 Å². The molecule has 4 rings (SSSR count). The zero-order valence-corrected chi connectivity index (χ0v) is 15.9. The van der Waals surface area contributed by atoms with E-state index in [4.69, 9.17) is 9.94 Å². The Morgan fingerprint density at radius 2 is 1.87 bits per heavy atom. The van der Waals surface area contributed by atoms with E-state index in [1.807, 2.05) is 42.5 Å². The van der Waals surface area contributed by atoms with E-state index in [0.29, 0.717) is 5.69 Å². The minimum Gasteiger partial charge on any atom is -0.481 e. The number of nitrogens with one attached hydrogen (secondary N) is 2. The van der Waals surface area contributed by atoms with E-state index in [1.54, 1.807) is 36.7 Å². The van der Waals surface area contributed by atoms with Crippen molar-refractivity contribution < 1.29 is 19.5 Å². The summed E-state index contributed by atoms with van der Waals surface area (Å²) in [7, 11) is 0. The van der Waals surface area contributed by atoms with E-state index in [-0.39, 0.29) is 24.1 Å². The highest BCUT2D eigenvalue weighted by molar-refractivity contribution is 6.02. The number of carbonyl (C=O) groups is 2. The summed E-state index contributed by atoms with van der Waals surface area (Å²) in [4.78, 5) is 33.0. The fourth-order valence-corrected chi connectivity index (χ4v) is 3.24. The van der Waals surface area contributed by atoms with Gasteiger partial charge >= 0.3 is 5.97 Å². The lowest BCUT2D eigenvalue weighted by molar-refractivity contribution is -0.136. The molecule has 150 valence electrons. The normalized spacial score (nSPS) is 15.2. The lowest BCUT2D eigenvalue weighted by atomic mass is 9.97. The highest BCUT2D eigenvalue weighted by Crippen LogP contribution is 2.26. The van der Waals surface area contributed by atoms with Crippen molar-refractivity contribution in [2.24, 2.45) is 0 Å². The van der Waals surface area contributed by atoms with Gasteiger partial charge in [-0.05, 0) is 46.5 Å². The van der Waals surface area contributed by atoms with Gasteiger partial charge in [-0.25, -0.2) is 0 Å². The van der Waals surface area contributed by atoms with Crippen LogP contribution < -0.4 is 10.8 Å². The molecule has 7 heteroatoms. The predicted molar refractivity (Wildman–Crippen MR) is 111 cm³/mol. The topological polar surface area (TPSA) is 101 Å². The summed E-state index contributed by atoms with van der Waals surface area (Å²) in [5.41, 5.74) is 6.76. The summed E-state index contributed by atoms with van der Waals surface area (Å²) in [5.74, 6) is -1.07. The van der Waals surface area contributed by atoms with Crippen LogP contribution in [0.4, 0.5) is 5.69 Å². The number of rotatable bonds is 6. The quantitative estimate of drug-likeness (QED) is 0.585. The van der Waals surface area contributed by atoms with Gasteiger partial charge in [0.25, 0.3) is 5.91 Å². The number of carboxylic acids is 1. The molecule has 3 aromatic rings. The lowest BCUT2D eigenvalue weighted by Crippen LogP contribution is -2.18. The highest BCUT2D eigenvalue weighted by atomic mass is 16.7. The van der Waals surface area contributed by atoms with Crippen molar-refractivity contribution in [1.29, 1.82) is 0 Å². The molecule has 30 heavy (non-hydrogen) atoms. The monoisotopic (exact) mass is 401 g/mol. The Balaban J connectivity index is 1.46. The molecule has 0 spiro atoms. The van der Waals surface area contributed by atoms with Crippen LogP contribution >= 0.6 is 0 Å². The van der Waals surface area contributed by atoms with Crippen LogP contribution in [0, 0.1) is 0 Å². The average molecular weight is 401 g/mol. The number of carboxylic acid groups (broad SMARTS) is 1. The molecule has 0 bridgehead atoms. The van der Waals surface area contributed by atoms with Crippen LogP contribution in [0.5, 0.6) is 0 Å². The number of hydroxylamine groups is 1. The number of pyridine rings is 1. The molecule has 1 aromatic heterocycles. The molecule has 3 N–H and O–H groups in total. The largest absolute Gasteiger partial charge is 0.481 e. The first-order valence-corrected chi connectivity index (χ1v) is 9.36. The Morgan fingerprint density at radius 1 is 1.07 bits per heavy atom. The number of aromatic nitrogens is 1. The molecular formula is C23H19N3O4. The first-order valence-electron chi connectivity index (χ1n) is 9.36. The van der Waals surface area contributed by atoms with E-state index in [1.165, 1.54) is 0 Å². The summed E-state index contributed by atoms with van der Waals surface area (Å²) in [5, 5.41) is 11.9. The van der Waals surface area contributed by atoms with E-state index in [0.717, 1.165) is 22.3 Å². The Kier molecular flexibility index (Phi) is 5.54. The maximum absolute atomic E-state index is 12.5. The van der Waals surface area contributed by atoms with Crippen molar-refractivity contribution in [3.8, 4) is 11.1 Å². The van der Waals surface area contributed by atoms with Crippen LogP contribution in [0.3, 0.4) is 0 Å². The molecule has 1 atom stereocenters. The van der Waals surface area contributed by atoms with Crippen LogP contribution in [-0.4, -0.2) is 22.0 Å². The second kappa shape index (κ2) is 8.59. The maximum atomic E-state index is 12.5. The zero-order chi connectivity index (χ0) is 20.9. The molecule has 1 aliphatic rings. The first-order chi connectivity index (χ1) is 14.6. The molecule has 0 aliphatic carbocycles. The zero-order valence-electron chi connectivity index (χ0n) is 15.9. The summed E-state index contributed by atoms with van der Waals surface area (Å²) >= 11 is 0. The summed E-state index contributed by atoms with van der Waals surface area (Å²) in [6.07, 6.45) is 5.04. The number of benzene rings is 2. The van der Waals surface area contributed by atoms with Crippen molar-refractivity contribution in [2.45, 2.75) is 12.5 Å². The van der Waals surface area contributed by atoms with Crippen molar-refractivity contribution in [1.82, 2.24) is 10.5 Å². The summed E-state index contributed by atoms with van der Waals surface area (Å²) in [6.45, 7) is 0. The molecule has 0 saturated carbocycles. The minimum absolute atomic E-state index is 0.0503. The van der Waals surface area contributed by atoms with Gasteiger partial charge in [0.15, 0.2) is 0 Å². The van der Waals surface area contributed by atoms with Crippen LogP contribution in [0.2, 0.25) is 0 Å². The van der Waals surface area contributed by atoms with Gasteiger partial charge in [0.2, 0.25) is 5.76 Å². The molecule has 1 amide bonds. The van der Waals surface area contributed by atoms with E-state index in [2.05, 4.69) is 15.8 Å². The third-order valence-corrected chi connectivity index (χ3v) is 4.69. The summed E-state index contributed by atoms with van der Waals surface area (Å²) in [6, 6.07) is 18.1. The van der Waals surface area contributed by atoms with Crippen LogP contribution in [-0.2, 0) is 20.8 Å². The molecule has 2 heterocycles. The molecule has 1 aliphatic heterocycles. The van der Waals surface area contributed by atoms with Crippen LogP contribution in [0.15, 0.2) is 84.9 Å². The minimum atomic E-state index is -0.880. The lowest BCUT2D eigenvalue weighted by Gasteiger charge is -2.10.